The molecule has 0 aliphatic carbocycles. The second-order valence-electron chi connectivity index (χ2n) is 3.91. The molecule has 0 radical (unpaired) electrons. The molecule has 1 aromatic rings. The molecule has 4 nitrogen and oxygen atoms in total. The summed E-state index contributed by atoms with van der Waals surface area (Å²) in [5.41, 5.74) is 0.878. The molecule has 0 aliphatic heterocycles. The first kappa shape index (κ1) is 13.0. The van der Waals surface area contributed by atoms with Crippen molar-refractivity contribution in [1.29, 1.82) is 0 Å². The van der Waals surface area contributed by atoms with Crippen molar-refractivity contribution in [2.75, 3.05) is 6.26 Å². The zero-order valence-corrected chi connectivity index (χ0v) is 10.5. The van der Waals surface area contributed by atoms with Crippen molar-refractivity contribution in [3.63, 3.8) is 0 Å². The SMILES string of the molecule is CC(C)Oc1cccc(CNS(C)(=O)=O)c1. The van der Waals surface area contributed by atoms with Crippen molar-refractivity contribution in [2.45, 2.75) is 26.5 Å². The summed E-state index contributed by atoms with van der Waals surface area (Å²) in [7, 11) is -3.15. The van der Waals surface area contributed by atoms with Crippen LogP contribution in [-0.2, 0) is 16.6 Å². The van der Waals surface area contributed by atoms with E-state index in [0.717, 1.165) is 17.6 Å². The second-order valence-corrected chi connectivity index (χ2v) is 5.74. The summed E-state index contributed by atoms with van der Waals surface area (Å²) < 4.78 is 29.8. The van der Waals surface area contributed by atoms with Crippen molar-refractivity contribution in [3.8, 4) is 5.75 Å². The van der Waals surface area contributed by atoms with E-state index < -0.39 is 10.0 Å². The van der Waals surface area contributed by atoms with Gasteiger partial charge >= 0.3 is 0 Å². The molecule has 1 N–H and O–H groups in total. The molecular formula is C11H17NO3S. The van der Waals surface area contributed by atoms with Crippen molar-refractivity contribution in [1.82, 2.24) is 4.72 Å². The van der Waals surface area contributed by atoms with Crippen LogP contribution in [0.25, 0.3) is 0 Å². The van der Waals surface area contributed by atoms with E-state index in [4.69, 9.17) is 4.74 Å². The Balaban J connectivity index is 2.67. The standard InChI is InChI=1S/C11H17NO3S/c1-9(2)15-11-6-4-5-10(7-11)8-12-16(3,13)14/h4-7,9,12H,8H2,1-3H3. The zero-order valence-electron chi connectivity index (χ0n) is 9.73. The van der Waals surface area contributed by atoms with Crippen molar-refractivity contribution >= 4 is 10.0 Å². The lowest BCUT2D eigenvalue weighted by Crippen LogP contribution is -2.21. The third-order valence-electron chi connectivity index (χ3n) is 1.81. The highest BCUT2D eigenvalue weighted by molar-refractivity contribution is 7.88. The predicted octanol–water partition coefficient (Wildman–Crippen LogP) is 1.52. The van der Waals surface area contributed by atoms with Crippen LogP contribution in [0.15, 0.2) is 24.3 Å². The third-order valence-corrected chi connectivity index (χ3v) is 2.48. The van der Waals surface area contributed by atoms with Crippen LogP contribution >= 0.6 is 0 Å². The molecule has 0 amide bonds. The minimum absolute atomic E-state index is 0.109. The Morgan fingerprint density at radius 1 is 1.38 bits per heavy atom. The molecule has 0 atom stereocenters. The van der Waals surface area contributed by atoms with E-state index in [1.54, 1.807) is 0 Å². The molecule has 0 spiro atoms. The highest BCUT2D eigenvalue weighted by Crippen LogP contribution is 2.14. The van der Waals surface area contributed by atoms with Crippen molar-refractivity contribution in [2.24, 2.45) is 0 Å². The Morgan fingerprint density at radius 3 is 2.62 bits per heavy atom. The van der Waals surface area contributed by atoms with Crippen LogP contribution in [0, 0.1) is 0 Å². The van der Waals surface area contributed by atoms with Gasteiger partial charge in [0.15, 0.2) is 0 Å². The molecule has 0 saturated heterocycles. The summed E-state index contributed by atoms with van der Waals surface area (Å²) in [6.45, 7) is 4.18. The molecule has 90 valence electrons. The molecule has 0 heterocycles. The van der Waals surface area contributed by atoms with E-state index >= 15 is 0 Å². The zero-order chi connectivity index (χ0) is 12.2. The fraction of sp³-hybridized carbons (Fsp3) is 0.455. The van der Waals surface area contributed by atoms with Gasteiger partial charge in [0.05, 0.1) is 12.4 Å². The number of benzene rings is 1. The maximum absolute atomic E-state index is 10.9. The average molecular weight is 243 g/mol. The minimum atomic E-state index is -3.15. The number of hydrogen-bond donors (Lipinski definition) is 1. The van der Waals surface area contributed by atoms with Crippen LogP contribution in [-0.4, -0.2) is 20.8 Å². The molecule has 5 heteroatoms. The normalized spacial score (nSPS) is 11.8. The van der Waals surface area contributed by atoms with Crippen LogP contribution in [0.5, 0.6) is 5.75 Å². The summed E-state index contributed by atoms with van der Waals surface area (Å²) in [6.07, 6.45) is 1.25. The Kier molecular flexibility index (Phi) is 4.32. The van der Waals surface area contributed by atoms with Crippen LogP contribution < -0.4 is 9.46 Å². The van der Waals surface area contributed by atoms with E-state index in [0.29, 0.717) is 0 Å². The lowest BCUT2D eigenvalue weighted by atomic mass is 10.2. The van der Waals surface area contributed by atoms with Gasteiger partial charge in [-0.2, -0.15) is 0 Å². The summed E-state index contributed by atoms with van der Waals surface area (Å²) in [5.74, 6) is 0.753. The Bertz CT molecular complexity index is 440. The maximum atomic E-state index is 10.9. The number of ether oxygens (including phenoxy) is 1. The van der Waals surface area contributed by atoms with Gasteiger partial charge in [-0.05, 0) is 31.5 Å². The van der Waals surface area contributed by atoms with E-state index in [2.05, 4.69) is 4.72 Å². The summed E-state index contributed by atoms with van der Waals surface area (Å²) in [5, 5.41) is 0. The topological polar surface area (TPSA) is 55.4 Å². The summed E-state index contributed by atoms with van der Waals surface area (Å²) >= 11 is 0. The van der Waals surface area contributed by atoms with Gasteiger partial charge in [-0.3, -0.25) is 0 Å². The van der Waals surface area contributed by atoms with Crippen molar-refractivity contribution in [3.05, 3.63) is 29.8 Å². The maximum Gasteiger partial charge on any atom is 0.209 e. The van der Waals surface area contributed by atoms with Crippen LogP contribution in [0.3, 0.4) is 0 Å². The number of nitrogens with one attached hydrogen (secondary N) is 1. The van der Waals surface area contributed by atoms with Crippen LogP contribution in [0.2, 0.25) is 0 Å². The number of sulfonamides is 1. The van der Waals surface area contributed by atoms with E-state index in [-0.39, 0.29) is 12.6 Å². The lowest BCUT2D eigenvalue weighted by molar-refractivity contribution is 0.242. The van der Waals surface area contributed by atoms with E-state index in [1.165, 1.54) is 0 Å². The second kappa shape index (κ2) is 5.32. The van der Waals surface area contributed by atoms with Gasteiger partial charge in [-0.25, -0.2) is 13.1 Å². The highest BCUT2D eigenvalue weighted by Gasteiger charge is 2.03. The van der Waals surface area contributed by atoms with Crippen molar-refractivity contribution < 1.29 is 13.2 Å². The summed E-state index contributed by atoms with van der Waals surface area (Å²) in [6, 6.07) is 7.38. The Morgan fingerprint density at radius 2 is 2.06 bits per heavy atom. The molecule has 0 fully saturated rings. The molecule has 0 aromatic heterocycles. The summed E-state index contributed by atoms with van der Waals surface area (Å²) in [4.78, 5) is 0. The van der Waals surface area contributed by atoms with Gasteiger partial charge < -0.3 is 4.74 Å². The third kappa shape index (κ3) is 5.14. The lowest BCUT2D eigenvalue weighted by Gasteiger charge is -2.10. The molecule has 0 unspecified atom stereocenters. The molecule has 16 heavy (non-hydrogen) atoms. The first-order chi connectivity index (χ1) is 7.37. The van der Waals surface area contributed by atoms with Crippen LogP contribution in [0.1, 0.15) is 19.4 Å². The van der Waals surface area contributed by atoms with Gasteiger partial charge in [-0.1, -0.05) is 12.1 Å². The quantitative estimate of drug-likeness (QED) is 0.853. The molecule has 0 saturated carbocycles. The van der Waals surface area contributed by atoms with Gasteiger partial charge in [0, 0.05) is 6.54 Å². The Hall–Kier alpha value is -1.07. The van der Waals surface area contributed by atoms with Gasteiger partial charge in [0.1, 0.15) is 5.75 Å². The molecule has 0 bridgehead atoms. The van der Waals surface area contributed by atoms with Crippen LogP contribution in [0.4, 0.5) is 0 Å². The molecule has 1 aromatic carbocycles. The largest absolute Gasteiger partial charge is 0.491 e. The average Bonchev–Trinajstić information content (AvgIpc) is 2.13. The molecule has 0 aliphatic rings. The van der Waals surface area contributed by atoms with Gasteiger partial charge in [0.2, 0.25) is 10.0 Å². The minimum Gasteiger partial charge on any atom is -0.491 e. The number of hydrogen-bond acceptors (Lipinski definition) is 3. The monoisotopic (exact) mass is 243 g/mol. The first-order valence-electron chi connectivity index (χ1n) is 5.07. The molecule has 1 rings (SSSR count). The van der Waals surface area contributed by atoms with E-state index in [1.807, 2.05) is 38.1 Å². The van der Waals surface area contributed by atoms with E-state index in [9.17, 15) is 8.42 Å². The first-order valence-corrected chi connectivity index (χ1v) is 6.96. The highest BCUT2D eigenvalue weighted by atomic mass is 32.2. The fourth-order valence-electron chi connectivity index (χ4n) is 1.22. The van der Waals surface area contributed by atoms with Gasteiger partial charge in [-0.15, -0.1) is 0 Å². The predicted molar refractivity (Wildman–Crippen MR) is 63.9 cm³/mol. The Labute approximate surface area is 96.7 Å². The molecular weight excluding hydrogens is 226 g/mol. The smallest absolute Gasteiger partial charge is 0.209 e. The fourth-order valence-corrected chi connectivity index (χ4v) is 1.64. The number of rotatable bonds is 5. The van der Waals surface area contributed by atoms with Gasteiger partial charge in [0.25, 0.3) is 0 Å².